The summed E-state index contributed by atoms with van der Waals surface area (Å²) in [5.41, 5.74) is 2.06. The van der Waals surface area contributed by atoms with Crippen molar-refractivity contribution in [3.05, 3.63) is 54.0 Å². The summed E-state index contributed by atoms with van der Waals surface area (Å²) < 4.78 is 10.6. The summed E-state index contributed by atoms with van der Waals surface area (Å²) in [6.45, 7) is 0.932. The fourth-order valence-corrected chi connectivity index (χ4v) is 2.22. The Bertz CT molecular complexity index is 563. The van der Waals surface area contributed by atoms with Crippen LogP contribution >= 0.6 is 0 Å². The van der Waals surface area contributed by atoms with E-state index in [1.165, 1.54) is 0 Å². The number of carbonyl (C=O) groups is 1. The normalized spacial score (nSPS) is 17.4. The minimum Gasteiger partial charge on any atom is -0.492 e. The molecule has 0 bridgehead atoms. The highest BCUT2D eigenvalue weighted by Crippen LogP contribution is 2.26. The van der Waals surface area contributed by atoms with Crippen molar-refractivity contribution in [1.29, 1.82) is 0 Å². The molecule has 1 unspecified atom stereocenters. The average Bonchev–Trinajstić information content (AvgIpc) is 2.97. The molecule has 19 heavy (non-hydrogen) atoms. The van der Waals surface area contributed by atoms with Crippen LogP contribution in [0.15, 0.2) is 47.3 Å². The molecule has 0 saturated carbocycles. The van der Waals surface area contributed by atoms with Crippen LogP contribution in [0.25, 0.3) is 0 Å². The Labute approximate surface area is 111 Å². The lowest BCUT2D eigenvalue weighted by Crippen LogP contribution is -2.36. The monoisotopic (exact) mass is 257 g/mol. The van der Waals surface area contributed by atoms with E-state index in [1.54, 1.807) is 12.5 Å². The topological polar surface area (TPSA) is 51.5 Å². The number of furan rings is 1. The van der Waals surface area contributed by atoms with Gasteiger partial charge in [0, 0.05) is 12.1 Å². The number of hydrogen-bond acceptors (Lipinski definition) is 3. The number of hydrogen-bond donors (Lipinski definition) is 1. The third-order valence-electron chi connectivity index (χ3n) is 3.30. The number of fused-ring (bicyclic) bond motifs is 1. The van der Waals surface area contributed by atoms with Crippen molar-refractivity contribution in [2.24, 2.45) is 5.92 Å². The van der Waals surface area contributed by atoms with Crippen molar-refractivity contribution in [2.45, 2.75) is 13.0 Å². The molecule has 2 aromatic rings. The molecule has 4 heteroatoms. The zero-order chi connectivity index (χ0) is 13.1. The van der Waals surface area contributed by atoms with Gasteiger partial charge in [-0.05, 0) is 24.1 Å². The molecule has 2 heterocycles. The molecule has 1 atom stereocenters. The van der Waals surface area contributed by atoms with Crippen LogP contribution in [0.2, 0.25) is 0 Å². The Hall–Kier alpha value is -2.23. The molecule has 1 aliphatic heterocycles. The van der Waals surface area contributed by atoms with Crippen molar-refractivity contribution >= 4 is 5.91 Å². The molecule has 98 valence electrons. The molecule has 1 N–H and O–H groups in total. The first-order valence-corrected chi connectivity index (χ1v) is 6.32. The summed E-state index contributed by atoms with van der Waals surface area (Å²) in [7, 11) is 0. The predicted molar refractivity (Wildman–Crippen MR) is 69.7 cm³/mol. The highest BCUT2D eigenvalue weighted by atomic mass is 16.5. The summed E-state index contributed by atoms with van der Waals surface area (Å²) in [6, 6.07) is 9.69. The Balaban J connectivity index is 1.60. The first-order valence-electron chi connectivity index (χ1n) is 6.32. The number of ether oxygens (including phenoxy) is 1. The molecule has 0 aliphatic carbocycles. The maximum Gasteiger partial charge on any atom is 0.227 e. The zero-order valence-corrected chi connectivity index (χ0v) is 10.5. The van der Waals surface area contributed by atoms with Crippen molar-refractivity contribution in [3.8, 4) is 5.75 Å². The van der Waals surface area contributed by atoms with E-state index >= 15 is 0 Å². The van der Waals surface area contributed by atoms with Gasteiger partial charge in [0.15, 0.2) is 0 Å². The predicted octanol–water partition coefficient (Wildman–Crippen LogP) is 2.15. The molecule has 0 fully saturated rings. The van der Waals surface area contributed by atoms with E-state index in [0.29, 0.717) is 13.2 Å². The summed E-state index contributed by atoms with van der Waals surface area (Å²) in [6.07, 6.45) is 3.96. The second-order valence-electron chi connectivity index (χ2n) is 4.67. The van der Waals surface area contributed by atoms with Gasteiger partial charge >= 0.3 is 0 Å². The molecule has 0 saturated heterocycles. The minimum absolute atomic E-state index is 0.0238. The molecule has 0 radical (unpaired) electrons. The van der Waals surface area contributed by atoms with Crippen LogP contribution < -0.4 is 10.1 Å². The van der Waals surface area contributed by atoms with Crippen LogP contribution in [-0.4, -0.2) is 12.5 Å². The van der Waals surface area contributed by atoms with Gasteiger partial charge in [-0.2, -0.15) is 0 Å². The largest absolute Gasteiger partial charge is 0.492 e. The first kappa shape index (κ1) is 11.8. The van der Waals surface area contributed by atoms with Gasteiger partial charge in [0.05, 0.1) is 18.4 Å². The van der Waals surface area contributed by atoms with Crippen LogP contribution in [0.3, 0.4) is 0 Å². The standard InChI is InChI=1S/C15H15NO3/c17-15(16-8-11-5-6-18-9-11)13-7-12-3-1-2-4-14(12)19-10-13/h1-6,9,13H,7-8,10H2,(H,16,17). The number of amides is 1. The summed E-state index contributed by atoms with van der Waals surface area (Å²) >= 11 is 0. The van der Waals surface area contributed by atoms with Gasteiger partial charge < -0.3 is 14.5 Å². The van der Waals surface area contributed by atoms with Crippen molar-refractivity contribution in [3.63, 3.8) is 0 Å². The van der Waals surface area contributed by atoms with Gasteiger partial charge in [-0.15, -0.1) is 0 Å². The lowest BCUT2D eigenvalue weighted by atomic mass is 9.96. The molecule has 1 aromatic carbocycles. The van der Waals surface area contributed by atoms with E-state index in [-0.39, 0.29) is 11.8 Å². The quantitative estimate of drug-likeness (QED) is 0.916. The van der Waals surface area contributed by atoms with Gasteiger partial charge in [0.25, 0.3) is 0 Å². The van der Waals surface area contributed by atoms with E-state index < -0.39 is 0 Å². The fourth-order valence-electron chi connectivity index (χ4n) is 2.22. The maximum absolute atomic E-state index is 12.1. The van der Waals surface area contributed by atoms with Crippen molar-refractivity contribution in [1.82, 2.24) is 5.32 Å². The highest BCUT2D eigenvalue weighted by molar-refractivity contribution is 5.79. The van der Waals surface area contributed by atoms with Crippen LogP contribution in [0.5, 0.6) is 5.75 Å². The van der Waals surface area contributed by atoms with E-state index in [9.17, 15) is 4.79 Å². The van der Waals surface area contributed by atoms with E-state index in [1.807, 2.05) is 30.3 Å². The van der Waals surface area contributed by atoms with E-state index in [2.05, 4.69) is 5.32 Å². The Morgan fingerprint density at radius 2 is 2.21 bits per heavy atom. The molecular weight excluding hydrogens is 242 g/mol. The Morgan fingerprint density at radius 3 is 3.05 bits per heavy atom. The number of carbonyl (C=O) groups excluding carboxylic acids is 1. The fraction of sp³-hybridized carbons (Fsp3) is 0.267. The van der Waals surface area contributed by atoms with Gasteiger partial charge in [-0.3, -0.25) is 4.79 Å². The molecule has 1 aliphatic rings. The lowest BCUT2D eigenvalue weighted by Gasteiger charge is -2.24. The lowest BCUT2D eigenvalue weighted by molar-refractivity contribution is -0.126. The second-order valence-corrected chi connectivity index (χ2v) is 4.67. The molecule has 1 aromatic heterocycles. The molecular formula is C15H15NO3. The van der Waals surface area contributed by atoms with Crippen LogP contribution in [0.4, 0.5) is 0 Å². The molecule has 0 spiro atoms. The average molecular weight is 257 g/mol. The second kappa shape index (κ2) is 5.18. The van der Waals surface area contributed by atoms with E-state index in [0.717, 1.165) is 23.3 Å². The summed E-state index contributed by atoms with van der Waals surface area (Å²) in [5.74, 6) is 0.791. The Kier molecular flexibility index (Phi) is 3.23. The van der Waals surface area contributed by atoms with Gasteiger partial charge in [-0.25, -0.2) is 0 Å². The Morgan fingerprint density at radius 1 is 1.32 bits per heavy atom. The SMILES string of the molecule is O=C(NCc1ccoc1)C1COc2ccccc2C1. The minimum atomic E-state index is -0.123. The molecule has 4 nitrogen and oxygen atoms in total. The van der Waals surface area contributed by atoms with Crippen molar-refractivity contribution < 1.29 is 13.9 Å². The summed E-state index contributed by atoms with van der Waals surface area (Å²) in [5, 5.41) is 2.91. The number of rotatable bonds is 3. The molecule has 3 rings (SSSR count). The summed E-state index contributed by atoms with van der Waals surface area (Å²) in [4.78, 5) is 12.1. The van der Waals surface area contributed by atoms with Crippen LogP contribution in [-0.2, 0) is 17.8 Å². The van der Waals surface area contributed by atoms with Gasteiger partial charge in [-0.1, -0.05) is 18.2 Å². The third kappa shape index (κ3) is 2.62. The van der Waals surface area contributed by atoms with Gasteiger partial charge in [0.1, 0.15) is 12.4 Å². The zero-order valence-electron chi connectivity index (χ0n) is 10.5. The number of benzene rings is 1. The number of para-hydroxylation sites is 1. The number of nitrogens with one attached hydrogen (secondary N) is 1. The third-order valence-corrected chi connectivity index (χ3v) is 3.30. The van der Waals surface area contributed by atoms with E-state index in [4.69, 9.17) is 9.15 Å². The first-order chi connectivity index (χ1) is 9.33. The highest BCUT2D eigenvalue weighted by Gasteiger charge is 2.25. The van der Waals surface area contributed by atoms with Crippen LogP contribution in [0.1, 0.15) is 11.1 Å². The van der Waals surface area contributed by atoms with Crippen molar-refractivity contribution in [2.75, 3.05) is 6.61 Å². The molecule has 1 amide bonds. The van der Waals surface area contributed by atoms with Gasteiger partial charge in [0.2, 0.25) is 5.91 Å². The smallest absolute Gasteiger partial charge is 0.227 e. The van der Waals surface area contributed by atoms with Crippen LogP contribution in [0, 0.1) is 5.92 Å². The maximum atomic E-state index is 12.1.